The molecule has 0 bridgehead atoms. The molecule has 0 aromatic carbocycles. The van der Waals surface area contributed by atoms with E-state index in [9.17, 15) is 0 Å². The van der Waals surface area contributed by atoms with Gasteiger partial charge in [0, 0.05) is 39.6 Å². The lowest BCUT2D eigenvalue weighted by atomic mass is 10.2. The van der Waals surface area contributed by atoms with Gasteiger partial charge in [0.05, 0.1) is 0 Å². The summed E-state index contributed by atoms with van der Waals surface area (Å²) in [7, 11) is 3.83. The van der Waals surface area contributed by atoms with Gasteiger partial charge >= 0.3 is 0 Å². The van der Waals surface area contributed by atoms with Gasteiger partial charge in [-0.05, 0) is 18.1 Å². The molecule has 2 N–H and O–H groups in total. The highest BCUT2D eigenvalue weighted by Crippen LogP contribution is 1.98. The van der Waals surface area contributed by atoms with E-state index < -0.39 is 0 Å². The minimum atomic E-state index is 0.814. The maximum Gasteiger partial charge on any atom is 0.191 e. The molecule has 0 aliphatic carbocycles. The van der Waals surface area contributed by atoms with Crippen LogP contribution in [0.1, 0.15) is 31.7 Å². The van der Waals surface area contributed by atoms with Gasteiger partial charge in [-0.3, -0.25) is 4.99 Å². The van der Waals surface area contributed by atoms with E-state index in [1.165, 1.54) is 24.8 Å². The van der Waals surface area contributed by atoms with Crippen LogP contribution >= 0.6 is 0 Å². The summed E-state index contributed by atoms with van der Waals surface area (Å²) in [4.78, 5) is 4.20. The lowest BCUT2D eigenvalue weighted by Gasteiger charge is -2.10. The highest BCUT2D eigenvalue weighted by atomic mass is 15.2. The molecule has 0 aliphatic rings. The van der Waals surface area contributed by atoms with E-state index in [4.69, 9.17) is 0 Å². The maximum absolute atomic E-state index is 4.20. The Labute approximate surface area is 104 Å². The minimum Gasteiger partial charge on any atom is -0.357 e. The second-order valence-electron chi connectivity index (χ2n) is 4.24. The summed E-state index contributed by atoms with van der Waals surface area (Å²) in [6.45, 7) is 4.01. The van der Waals surface area contributed by atoms with Gasteiger partial charge in [0.15, 0.2) is 5.96 Å². The van der Waals surface area contributed by atoms with E-state index >= 15 is 0 Å². The van der Waals surface area contributed by atoms with Crippen molar-refractivity contribution in [2.45, 2.75) is 32.7 Å². The van der Waals surface area contributed by atoms with Crippen molar-refractivity contribution in [2.75, 3.05) is 13.6 Å². The molecule has 1 rings (SSSR count). The number of aryl methyl sites for hydroxylation is 1. The first-order valence-electron chi connectivity index (χ1n) is 6.31. The van der Waals surface area contributed by atoms with Crippen molar-refractivity contribution < 1.29 is 0 Å². The Balaban J connectivity index is 2.23. The molecule has 1 aromatic rings. The van der Waals surface area contributed by atoms with Crippen LogP contribution < -0.4 is 10.6 Å². The Kier molecular flexibility index (Phi) is 6.22. The average molecular weight is 236 g/mol. The van der Waals surface area contributed by atoms with Gasteiger partial charge in [-0.2, -0.15) is 0 Å². The van der Waals surface area contributed by atoms with Crippen LogP contribution in [0, 0.1) is 0 Å². The van der Waals surface area contributed by atoms with Crippen LogP contribution in [-0.4, -0.2) is 24.1 Å². The summed E-state index contributed by atoms with van der Waals surface area (Å²) in [5.41, 5.74) is 1.27. The predicted octanol–water partition coefficient (Wildman–Crippen LogP) is 1.88. The number of guanidine groups is 1. The number of nitrogens with zero attached hydrogens (tertiary/aromatic N) is 2. The maximum atomic E-state index is 4.20. The predicted molar refractivity (Wildman–Crippen MR) is 73.1 cm³/mol. The molecule has 0 spiro atoms. The standard InChI is InChI=1S/C13H24N4/c1-4-5-6-8-15-13(14-2)16-10-12-7-9-17(3)11-12/h7,9,11H,4-6,8,10H2,1-3H3,(H2,14,15,16). The number of hydrogen-bond donors (Lipinski definition) is 2. The summed E-state index contributed by atoms with van der Waals surface area (Å²) in [5.74, 6) is 0.880. The zero-order chi connectivity index (χ0) is 12.5. The molecule has 0 unspecified atom stereocenters. The number of hydrogen-bond acceptors (Lipinski definition) is 1. The Morgan fingerprint density at radius 3 is 2.76 bits per heavy atom. The zero-order valence-corrected chi connectivity index (χ0v) is 11.2. The summed E-state index contributed by atoms with van der Waals surface area (Å²) >= 11 is 0. The van der Waals surface area contributed by atoms with Gasteiger partial charge in [-0.1, -0.05) is 19.8 Å². The molecule has 0 saturated carbocycles. The van der Waals surface area contributed by atoms with E-state index in [1.807, 2.05) is 7.05 Å². The lowest BCUT2D eigenvalue weighted by molar-refractivity contribution is 0.682. The van der Waals surface area contributed by atoms with Crippen molar-refractivity contribution in [2.24, 2.45) is 12.0 Å². The van der Waals surface area contributed by atoms with Crippen molar-refractivity contribution >= 4 is 5.96 Å². The van der Waals surface area contributed by atoms with Crippen molar-refractivity contribution in [1.29, 1.82) is 0 Å². The Bertz CT molecular complexity index is 341. The van der Waals surface area contributed by atoms with Gasteiger partial charge in [0.25, 0.3) is 0 Å². The number of unbranched alkanes of at least 4 members (excludes halogenated alkanes) is 2. The molecule has 4 heteroatoms. The SMILES string of the molecule is CCCCCNC(=NC)NCc1ccn(C)c1. The molecule has 0 aliphatic heterocycles. The van der Waals surface area contributed by atoms with Crippen LogP contribution in [0.3, 0.4) is 0 Å². The fourth-order valence-electron chi connectivity index (χ4n) is 1.65. The normalized spacial score (nSPS) is 11.6. The molecular weight excluding hydrogens is 212 g/mol. The van der Waals surface area contributed by atoms with Gasteiger partial charge in [0.2, 0.25) is 0 Å². The third-order valence-electron chi connectivity index (χ3n) is 2.65. The molecule has 1 aromatic heterocycles. The molecule has 0 amide bonds. The van der Waals surface area contributed by atoms with Crippen molar-refractivity contribution in [1.82, 2.24) is 15.2 Å². The molecule has 17 heavy (non-hydrogen) atoms. The smallest absolute Gasteiger partial charge is 0.191 e. The average Bonchev–Trinajstić information content (AvgIpc) is 2.74. The third kappa shape index (κ3) is 5.43. The number of aliphatic imine (C=N–C) groups is 1. The fraction of sp³-hybridized carbons (Fsp3) is 0.615. The second kappa shape index (κ2) is 7.76. The molecule has 1 heterocycles. The molecule has 0 saturated heterocycles. The van der Waals surface area contributed by atoms with Crippen LogP contribution in [0.4, 0.5) is 0 Å². The topological polar surface area (TPSA) is 41.4 Å². The van der Waals surface area contributed by atoms with Gasteiger partial charge < -0.3 is 15.2 Å². The summed E-state index contributed by atoms with van der Waals surface area (Å²) < 4.78 is 2.05. The van der Waals surface area contributed by atoms with E-state index in [-0.39, 0.29) is 0 Å². The van der Waals surface area contributed by atoms with Crippen LogP contribution in [0.5, 0.6) is 0 Å². The molecule has 96 valence electrons. The molecule has 0 fully saturated rings. The number of aromatic nitrogens is 1. The fourth-order valence-corrected chi connectivity index (χ4v) is 1.65. The first-order chi connectivity index (χ1) is 8.26. The van der Waals surface area contributed by atoms with Crippen LogP contribution in [-0.2, 0) is 13.6 Å². The minimum absolute atomic E-state index is 0.814. The summed E-state index contributed by atoms with van der Waals surface area (Å²) in [5, 5.41) is 6.61. The number of rotatable bonds is 6. The third-order valence-corrected chi connectivity index (χ3v) is 2.65. The van der Waals surface area contributed by atoms with Crippen LogP contribution in [0.25, 0.3) is 0 Å². The van der Waals surface area contributed by atoms with Crippen molar-refractivity contribution in [3.05, 3.63) is 24.0 Å². The molecule has 0 radical (unpaired) electrons. The monoisotopic (exact) mass is 236 g/mol. The summed E-state index contributed by atoms with van der Waals surface area (Å²) in [6.07, 6.45) is 7.87. The summed E-state index contributed by atoms with van der Waals surface area (Å²) in [6, 6.07) is 2.11. The highest BCUT2D eigenvalue weighted by Gasteiger charge is 1.98. The second-order valence-corrected chi connectivity index (χ2v) is 4.24. The number of nitrogens with one attached hydrogen (secondary N) is 2. The largest absolute Gasteiger partial charge is 0.357 e. The van der Waals surface area contributed by atoms with Crippen LogP contribution in [0.2, 0.25) is 0 Å². The Morgan fingerprint density at radius 2 is 2.18 bits per heavy atom. The lowest BCUT2D eigenvalue weighted by Crippen LogP contribution is -2.37. The van der Waals surface area contributed by atoms with E-state index in [1.54, 1.807) is 7.05 Å². The van der Waals surface area contributed by atoms with Crippen molar-refractivity contribution in [3.63, 3.8) is 0 Å². The molecular formula is C13H24N4. The quantitative estimate of drug-likeness (QED) is 0.450. The highest BCUT2D eigenvalue weighted by molar-refractivity contribution is 5.79. The van der Waals surface area contributed by atoms with E-state index in [0.29, 0.717) is 0 Å². The van der Waals surface area contributed by atoms with Gasteiger partial charge in [0.1, 0.15) is 0 Å². The first-order valence-corrected chi connectivity index (χ1v) is 6.31. The van der Waals surface area contributed by atoms with Gasteiger partial charge in [-0.25, -0.2) is 0 Å². The first kappa shape index (κ1) is 13.6. The van der Waals surface area contributed by atoms with E-state index in [2.05, 4.69) is 45.6 Å². The zero-order valence-electron chi connectivity index (χ0n) is 11.2. The molecule has 4 nitrogen and oxygen atoms in total. The van der Waals surface area contributed by atoms with E-state index in [0.717, 1.165) is 19.0 Å². The van der Waals surface area contributed by atoms with Crippen LogP contribution in [0.15, 0.2) is 23.5 Å². The molecule has 0 atom stereocenters. The van der Waals surface area contributed by atoms with Gasteiger partial charge in [-0.15, -0.1) is 0 Å². The Morgan fingerprint density at radius 1 is 1.35 bits per heavy atom. The Hall–Kier alpha value is -1.45. The van der Waals surface area contributed by atoms with Crippen molar-refractivity contribution in [3.8, 4) is 0 Å².